The van der Waals surface area contributed by atoms with Crippen LogP contribution in [0.5, 0.6) is 0 Å². The molecule has 7 heteroatoms. The van der Waals surface area contributed by atoms with E-state index in [-0.39, 0.29) is 23.3 Å². The van der Waals surface area contributed by atoms with Crippen LogP contribution in [0.4, 0.5) is 0 Å². The van der Waals surface area contributed by atoms with E-state index in [1.807, 2.05) is 0 Å². The number of hydrogen-bond donors (Lipinski definition) is 1. The van der Waals surface area contributed by atoms with Gasteiger partial charge in [0.1, 0.15) is 10.8 Å². The molecule has 2 rings (SSSR count). The number of carbonyl (C=O) groups excluding carboxylic acids is 1. The van der Waals surface area contributed by atoms with Crippen LogP contribution in [0.2, 0.25) is 5.15 Å². The van der Waals surface area contributed by atoms with Crippen LogP contribution in [-0.4, -0.2) is 44.9 Å². The van der Waals surface area contributed by atoms with Gasteiger partial charge in [0, 0.05) is 13.1 Å². The molecule has 1 aromatic heterocycles. The normalized spacial score (nSPS) is 19.6. The lowest BCUT2D eigenvalue weighted by Crippen LogP contribution is -2.42. The molecule has 0 saturated carbocycles. The first-order chi connectivity index (χ1) is 8.58. The Kier molecular flexibility index (Phi) is 3.76. The number of carbonyl (C=O) groups is 2. The number of amides is 1. The molecule has 0 aliphatic carbocycles. The second-order valence-corrected chi connectivity index (χ2v) is 4.54. The molecular weight excluding hydrogens is 258 g/mol. The van der Waals surface area contributed by atoms with Gasteiger partial charge in [-0.25, -0.2) is 4.98 Å². The second-order valence-electron chi connectivity index (χ2n) is 4.16. The van der Waals surface area contributed by atoms with Crippen LogP contribution in [0.15, 0.2) is 12.4 Å². The van der Waals surface area contributed by atoms with Gasteiger partial charge < -0.3 is 10.0 Å². The Labute approximate surface area is 109 Å². The number of piperidine rings is 1. The van der Waals surface area contributed by atoms with E-state index < -0.39 is 11.9 Å². The standard InChI is InChI=1S/C11H12ClN3O3/c12-9-5-13-4-8(14-9)10(16)15-3-1-2-7(6-15)11(17)18/h4-5,7H,1-3,6H2,(H,17,18)/t7-/m1/s1. The Morgan fingerprint density at radius 3 is 2.89 bits per heavy atom. The Hall–Kier alpha value is -1.69. The number of hydrogen-bond acceptors (Lipinski definition) is 4. The minimum absolute atomic E-state index is 0.146. The van der Waals surface area contributed by atoms with Crippen LogP contribution in [-0.2, 0) is 4.79 Å². The van der Waals surface area contributed by atoms with Crippen molar-refractivity contribution in [3.8, 4) is 0 Å². The number of halogens is 1. The smallest absolute Gasteiger partial charge is 0.308 e. The first-order valence-corrected chi connectivity index (χ1v) is 5.95. The van der Waals surface area contributed by atoms with Gasteiger partial charge in [-0.1, -0.05) is 11.6 Å². The van der Waals surface area contributed by atoms with Crippen LogP contribution in [0.3, 0.4) is 0 Å². The van der Waals surface area contributed by atoms with Gasteiger partial charge in [-0.05, 0) is 12.8 Å². The number of likely N-dealkylation sites (tertiary alicyclic amines) is 1. The molecule has 1 N–H and O–H groups in total. The van der Waals surface area contributed by atoms with E-state index >= 15 is 0 Å². The summed E-state index contributed by atoms with van der Waals surface area (Å²) < 4.78 is 0. The maximum absolute atomic E-state index is 12.1. The number of carboxylic acids is 1. The number of rotatable bonds is 2. The summed E-state index contributed by atoms with van der Waals surface area (Å²) in [5.41, 5.74) is 0.147. The van der Waals surface area contributed by atoms with Gasteiger partial charge in [-0.2, -0.15) is 0 Å². The second kappa shape index (κ2) is 5.30. The average molecular weight is 270 g/mol. The predicted octanol–water partition coefficient (Wildman–Crippen LogP) is 1.07. The van der Waals surface area contributed by atoms with Crippen molar-refractivity contribution in [3.05, 3.63) is 23.2 Å². The van der Waals surface area contributed by atoms with Crippen LogP contribution in [0.1, 0.15) is 23.3 Å². The number of aliphatic carboxylic acids is 1. The van der Waals surface area contributed by atoms with Crippen LogP contribution in [0.25, 0.3) is 0 Å². The zero-order valence-corrected chi connectivity index (χ0v) is 10.3. The van der Waals surface area contributed by atoms with Crippen LogP contribution >= 0.6 is 11.6 Å². The van der Waals surface area contributed by atoms with Crippen LogP contribution in [0, 0.1) is 5.92 Å². The topological polar surface area (TPSA) is 83.4 Å². The predicted molar refractivity (Wildman–Crippen MR) is 63.3 cm³/mol. The third-order valence-corrected chi connectivity index (χ3v) is 3.06. The summed E-state index contributed by atoms with van der Waals surface area (Å²) in [6, 6.07) is 0. The Balaban J connectivity index is 2.11. The lowest BCUT2D eigenvalue weighted by Gasteiger charge is -2.30. The molecule has 1 amide bonds. The number of nitrogens with zero attached hydrogens (tertiary/aromatic N) is 3. The minimum Gasteiger partial charge on any atom is -0.481 e. The molecule has 96 valence electrons. The van der Waals surface area contributed by atoms with Crippen molar-refractivity contribution >= 4 is 23.5 Å². The fraction of sp³-hybridized carbons (Fsp3) is 0.455. The van der Waals surface area contributed by atoms with E-state index in [0.29, 0.717) is 19.4 Å². The van der Waals surface area contributed by atoms with E-state index in [1.165, 1.54) is 17.3 Å². The minimum atomic E-state index is -0.871. The maximum Gasteiger partial charge on any atom is 0.308 e. The highest BCUT2D eigenvalue weighted by molar-refractivity contribution is 6.29. The molecule has 0 unspecified atom stereocenters. The first-order valence-electron chi connectivity index (χ1n) is 5.57. The van der Waals surface area contributed by atoms with Gasteiger partial charge in [0.15, 0.2) is 0 Å². The molecule has 1 fully saturated rings. The highest BCUT2D eigenvalue weighted by atomic mass is 35.5. The first kappa shape index (κ1) is 12.8. The fourth-order valence-electron chi connectivity index (χ4n) is 1.97. The molecule has 0 bridgehead atoms. The fourth-order valence-corrected chi connectivity index (χ4v) is 2.12. The zero-order chi connectivity index (χ0) is 13.1. The highest BCUT2D eigenvalue weighted by Gasteiger charge is 2.29. The third kappa shape index (κ3) is 2.76. The monoisotopic (exact) mass is 269 g/mol. The summed E-state index contributed by atoms with van der Waals surface area (Å²) in [6.07, 6.45) is 3.95. The molecule has 1 saturated heterocycles. The number of aromatic nitrogens is 2. The summed E-state index contributed by atoms with van der Waals surface area (Å²) in [5, 5.41) is 9.11. The van der Waals surface area contributed by atoms with Crippen molar-refractivity contribution in [2.75, 3.05) is 13.1 Å². The Morgan fingerprint density at radius 1 is 1.44 bits per heavy atom. The maximum atomic E-state index is 12.1. The number of carboxylic acid groups (broad SMARTS) is 1. The largest absolute Gasteiger partial charge is 0.481 e. The van der Waals surface area contributed by atoms with Crippen molar-refractivity contribution in [3.63, 3.8) is 0 Å². The molecular formula is C11H12ClN3O3. The summed E-state index contributed by atoms with van der Waals surface area (Å²) in [7, 11) is 0. The van der Waals surface area contributed by atoms with E-state index in [0.717, 1.165) is 0 Å². The van der Waals surface area contributed by atoms with Gasteiger partial charge in [-0.3, -0.25) is 14.6 Å². The van der Waals surface area contributed by atoms with Crippen molar-refractivity contribution < 1.29 is 14.7 Å². The zero-order valence-electron chi connectivity index (χ0n) is 9.54. The third-order valence-electron chi connectivity index (χ3n) is 2.88. The summed E-state index contributed by atoms with van der Waals surface area (Å²) in [4.78, 5) is 32.2. The van der Waals surface area contributed by atoms with E-state index in [1.54, 1.807) is 0 Å². The lowest BCUT2D eigenvalue weighted by atomic mass is 9.98. The van der Waals surface area contributed by atoms with Gasteiger partial charge in [-0.15, -0.1) is 0 Å². The quantitative estimate of drug-likeness (QED) is 0.868. The molecule has 1 aromatic rings. The van der Waals surface area contributed by atoms with Crippen molar-refractivity contribution in [2.45, 2.75) is 12.8 Å². The summed E-state index contributed by atoms with van der Waals surface area (Å²) in [5.74, 6) is -1.70. The Morgan fingerprint density at radius 2 is 2.22 bits per heavy atom. The molecule has 18 heavy (non-hydrogen) atoms. The summed E-state index contributed by atoms with van der Waals surface area (Å²) in [6.45, 7) is 0.749. The molecule has 1 aliphatic heterocycles. The van der Waals surface area contributed by atoms with Gasteiger partial charge >= 0.3 is 5.97 Å². The van der Waals surface area contributed by atoms with E-state index in [4.69, 9.17) is 16.7 Å². The average Bonchev–Trinajstić information content (AvgIpc) is 2.38. The summed E-state index contributed by atoms with van der Waals surface area (Å²) >= 11 is 5.67. The molecule has 1 atom stereocenters. The van der Waals surface area contributed by atoms with Crippen molar-refractivity contribution in [1.82, 2.24) is 14.9 Å². The molecule has 0 spiro atoms. The van der Waals surface area contributed by atoms with E-state index in [9.17, 15) is 9.59 Å². The SMILES string of the molecule is O=C(O)[C@@H]1CCCN(C(=O)c2cncc(Cl)n2)C1. The molecule has 2 heterocycles. The van der Waals surface area contributed by atoms with Crippen molar-refractivity contribution in [1.29, 1.82) is 0 Å². The lowest BCUT2D eigenvalue weighted by molar-refractivity contribution is -0.143. The van der Waals surface area contributed by atoms with Gasteiger partial charge in [0.2, 0.25) is 0 Å². The van der Waals surface area contributed by atoms with Gasteiger partial charge in [0.05, 0.1) is 18.3 Å². The molecule has 0 radical (unpaired) electrons. The molecule has 6 nitrogen and oxygen atoms in total. The van der Waals surface area contributed by atoms with Gasteiger partial charge in [0.25, 0.3) is 5.91 Å². The highest BCUT2D eigenvalue weighted by Crippen LogP contribution is 2.18. The molecule has 0 aromatic carbocycles. The van der Waals surface area contributed by atoms with Crippen molar-refractivity contribution in [2.24, 2.45) is 5.92 Å². The molecule has 1 aliphatic rings. The Bertz CT molecular complexity index is 480. The van der Waals surface area contributed by atoms with Crippen LogP contribution < -0.4 is 0 Å². The van der Waals surface area contributed by atoms with E-state index in [2.05, 4.69) is 9.97 Å².